The molecular weight excluding hydrogens is 363 g/mol. The minimum absolute atomic E-state index is 0.0784. The molecule has 0 aliphatic carbocycles. The van der Waals surface area contributed by atoms with Crippen LogP contribution in [-0.4, -0.2) is 22.5 Å². The Kier molecular flexibility index (Phi) is 4.40. The molecule has 2 aliphatic rings. The summed E-state index contributed by atoms with van der Waals surface area (Å²) in [5.74, 6) is -1.18. The quantitative estimate of drug-likeness (QED) is 0.867. The Morgan fingerprint density at radius 1 is 1.15 bits per heavy atom. The number of hydrogen-bond donors (Lipinski definition) is 1. The van der Waals surface area contributed by atoms with Crippen LogP contribution in [0.25, 0.3) is 0 Å². The van der Waals surface area contributed by atoms with Crippen molar-refractivity contribution in [3.05, 3.63) is 65.2 Å². The van der Waals surface area contributed by atoms with Crippen molar-refractivity contribution in [1.29, 1.82) is 0 Å². The van der Waals surface area contributed by atoms with Gasteiger partial charge in [0.25, 0.3) is 0 Å². The van der Waals surface area contributed by atoms with E-state index in [1.54, 1.807) is 6.07 Å². The minimum atomic E-state index is -0.996. The summed E-state index contributed by atoms with van der Waals surface area (Å²) in [5, 5.41) is 0.354. The first-order valence-corrected chi connectivity index (χ1v) is 9.13. The lowest BCUT2D eigenvalue weighted by molar-refractivity contribution is -0.0606. The summed E-state index contributed by atoms with van der Waals surface area (Å²) in [6.07, 6.45) is 1.33. The molecule has 1 fully saturated rings. The number of halogens is 3. The molecule has 1 saturated heterocycles. The number of nitrogens with two attached hydrogens (primary N) is 1. The Balaban J connectivity index is 1.71. The molecule has 136 valence electrons. The standard InChI is InChI=1S/C18H16F3N3OS/c19-11-1-3-13(14(21)6-11)18-9-25-16(15-4-2-12(20)7-23-15)5-10(18)8-26-17(22)24-18/h1-4,6-7,10,16H,5,8-9H2,(H2,22,24)/t10-,16?,18?/m0/s1. The Morgan fingerprint density at radius 3 is 2.69 bits per heavy atom. The second kappa shape index (κ2) is 6.59. The molecule has 2 N–H and O–H groups in total. The number of amidine groups is 1. The summed E-state index contributed by atoms with van der Waals surface area (Å²) in [7, 11) is 0. The predicted octanol–water partition coefficient (Wildman–Crippen LogP) is 3.53. The van der Waals surface area contributed by atoms with Gasteiger partial charge in [0, 0.05) is 23.3 Å². The lowest BCUT2D eigenvalue weighted by atomic mass is 9.74. The lowest BCUT2D eigenvalue weighted by Crippen LogP contribution is -2.48. The van der Waals surface area contributed by atoms with Gasteiger partial charge in [-0.25, -0.2) is 18.2 Å². The van der Waals surface area contributed by atoms with Crippen LogP contribution in [0.4, 0.5) is 13.2 Å². The second-order valence-electron chi connectivity index (χ2n) is 6.44. The van der Waals surface area contributed by atoms with Gasteiger partial charge in [-0.3, -0.25) is 4.98 Å². The molecule has 3 atom stereocenters. The van der Waals surface area contributed by atoms with Crippen molar-refractivity contribution in [3.8, 4) is 0 Å². The van der Waals surface area contributed by atoms with Crippen LogP contribution < -0.4 is 5.73 Å². The van der Waals surface area contributed by atoms with Crippen molar-refractivity contribution in [2.45, 2.75) is 18.1 Å². The fourth-order valence-electron chi connectivity index (χ4n) is 3.59. The number of thioether (sulfide) groups is 1. The largest absolute Gasteiger partial charge is 0.379 e. The number of aromatic nitrogens is 1. The summed E-state index contributed by atoms with van der Waals surface area (Å²) < 4.78 is 46.9. The van der Waals surface area contributed by atoms with Crippen molar-refractivity contribution >= 4 is 16.9 Å². The third kappa shape index (κ3) is 2.97. The van der Waals surface area contributed by atoms with Gasteiger partial charge in [-0.1, -0.05) is 17.8 Å². The maximum Gasteiger partial charge on any atom is 0.154 e. The van der Waals surface area contributed by atoms with Gasteiger partial charge >= 0.3 is 0 Å². The number of aliphatic imine (C=N–C) groups is 1. The summed E-state index contributed by atoms with van der Waals surface area (Å²) in [6.45, 7) is 0.0885. The highest BCUT2D eigenvalue weighted by atomic mass is 32.2. The first kappa shape index (κ1) is 17.4. The lowest BCUT2D eigenvalue weighted by Gasteiger charge is -2.46. The maximum absolute atomic E-state index is 14.5. The van der Waals surface area contributed by atoms with Crippen LogP contribution in [-0.2, 0) is 10.3 Å². The van der Waals surface area contributed by atoms with Crippen LogP contribution in [0.3, 0.4) is 0 Å². The van der Waals surface area contributed by atoms with Crippen molar-refractivity contribution < 1.29 is 17.9 Å². The van der Waals surface area contributed by atoms with Crippen molar-refractivity contribution in [2.24, 2.45) is 16.6 Å². The van der Waals surface area contributed by atoms with Gasteiger partial charge in [-0.15, -0.1) is 0 Å². The molecule has 2 aliphatic heterocycles. The molecule has 2 unspecified atom stereocenters. The van der Waals surface area contributed by atoms with Crippen LogP contribution in [0.15, 0.2) is 41.5 Å². The second-order valence-corrected chi connectivity index (χ2v) is 7.48. The smallest absolute Gasteiger partial charge is 0.154 e. The van der Waals surface area contributed by atoms with E-state index in [9.17, 15) is 13.2 Å². The molecular formula is C18H16F3N3OS. The van der Waals surface area contributed by atoms with Crippen LogP contribution in [0.1, 0.15) is 23.8 Å². The Labute approximate surface area is 152 Å². The molecule has 0 bridgehead atoms. The molecule has 2 aromatic rings. The highest BCUT2D eigenvalue weighted by Gasteiger charge is 2.49. The van der Waals surface area contributed by atoms with Crippen LogP contribution in [0.5, 0.6) is 0 Å². The van der Waals surface area contributed by atoms with Gasteiger partial charge in [0.1, 0.15) is 23.0 Å². The number of fused-ring (bicyclic) bond motifs is 1. The van der Waals surface area contributed by atoms with Gasteiger partial charge < -0.3 is 10.5 Å². The van der Waals surface area contributed by atoms with E-state index in [4.69, 9.17) is 10.5 Å². The zero-order chi connectivity index (χ0) is 18.3. The topological polar surface area (TPSA) is 60.5 Å². The SMILES string of the molecule is NC1=NC2(c3ccc(F)cc3F)COC(c3ccc(F)cn3)C[C@H]2CS1. The molecule has 0 radical (unpaired) electrons. The monoisotopic (exact) mass is 379 g/mol. The third-order valence-electron chi connectivity index (χ3n) is 4.90. The van der Waals surface area contributed by atoms with Gasteiger partial charge in [0.15, 0.2) is 5.17 Å². The first-order chi connectivity index (χ1) is 12.5. The average molecular weight is 379 g/mol. The van der Waals surface area contributed by atoms with Gasteiger partial charge in [-0.2, -0.15) is 0 Å². The van der Waals surface area contributed by atoms with E-state index < -0.39 is 23.0 Å². The summed E-state index contributed by atoms with van der Waals surface area (Å²) >= 11 is 1.40. The number of pyridine rings is 1. The van der Waals surface area contributed by atoms with Crippen molar-refractivity contribution in [2.75, 3.05) is 12.4 Å². The van der Waals surface area contributed by atoms with E-state index in [1.807, 2.05) is 0 Å². The first-order valence-electron chi connectivity index (χ1n) is 8.14. The van der Waals surface area contributed by atoms with Gasteiger partial charge in [-0.05, 0) is 24.6 Å². The molecule has 3 heterocycles. The zero-order valence-corrected chi connectivity index (χ0v) is 14.5. The summed E-state index contributed by atoms with van der Waals surface area (Å²) in [4.78, 5) is 8.62. The number of benzene rings is 1. The number of ether oxygens (including phenoxy) is 1. The number of rotatable bonds is 2. The predicted molar refractivity (Wildman–Crippen MR) is 93.1 cm³/mol. The normalized spacial score (nSPS) is 28.3. The zero-order valence-electron chi connectivity index (χ0n) is 13.7. The van der Waals surface area contributed by atoms with Crippen LogP contribution >= 0.6 is 11.8 Å². The number of hydrogen-bond acceptors (Lipinski definition) is 5. The fraction of sp³-hybridized carbons (Fsp3) is 0.333. The summed E-state index contributed by atoms with van der Waals surface area (Å²) in [5.41, 5.74) is 5.81. The van der Waals surface area contributed by atoms with E-state index in [0.29, 0.717) is 23.0 Å². The molecule has 4 rings (SSSR count). The molecule has 8 heteroatoms. The van der Waals surface area contributed by atoms with Crippen molar-refractivity contribution in [1.82, 2.24) is 4.98 Å². The Bertz CT molecular complexity index is 861. The summed E-state index contributed by atoms with van der Waals surface area (Å²) in [6, 6.07) is 6.38. The molecule has 1 aromatic heterocycles. The minimum Gasteiger partial charge on any atom is -0.379 e. The van der Waals surface area contributed by atoms with E-state index in [2.05, 4.69) is 9.98 Å². The highest BCUT2D eigenvalue weighted by Crippen LogP contribution is 2.49. The molecule has 0 amide bonds. The van der Waals surface area contributed by atoms with E-state index in [-0.39, 0.29) is 24.2 Å². The van der Waals surface area contributed by atoms with Gasteiger partial charge in [0.2, 0.25) is 0 Å². The average Bonchev–Trinajstić information content (AvgIpc) is 2.61. The Morgan fingerprint density at radius 2 is 1.96 bits per heavy atom. The van der Waals surface area contributed by atoms with Crippen LogP contribution in [0.2, 0.25) is 0 Å². The third-order valence-corrected chi connectivity index (χ3v) is 5.85. The fourth-order valence-corrected chi connectivity index (χ4v) is 4.60. The molecule has 26 heavy (non-hydrogen) atoms. The Hall–Kier alpha value is -2.06. The van der Waals surface area contributed by atoms with Gasteiger partial charge in [0.05, 0.1) is 24.6 Å². The maximum atomic E-state index is 14.5. The van der Waals surface area contributed by atoms with E-state index in [0.717, 1.165) is 12.3 Å². The van der Waals surface area contributed by atoms with E-state index >= 15 is 0 Å². The number of nitrogens with zero attached hydrogens (tertiary/aromatic N) is 2. The molecule has 0 spiro atoms. The van der Waals surface area contributed by atoms with E-state index in [1.165, 1.54) is 30.0 Å². The molecule has 0 saturated carbocycles. The molecule has 1 aromatic carbocycles. The van der Waals surface area contributed by atoms with Crippen LogP contribution in [0, 0.1) is 23.4 Å². The molecule has 4 nitrogen and oxygen atoms in total. The highest BCUT2D eigenvalue weighted by molar-refractivity contribution is 8.13. The van der Waals surface area contributed by atoms with Crippen molar-refractivity contribution in [3.63, 3.8) is 0 Å².